The van der Waals surface area contributed by atoms with Crippen molar-refractivity contribution in [1.29, 1.82) is 0 Å². The Morgan fingerprint density at radius 1 is 1.29 bits per heavy atom. The number of rotatable bonds is 5. The van der Waals surface area contributed by atoms with Crippen LogP contribution in [-0.2, 0) is 6.42 Å². The lowest BCUT2D eigenvalue weighted by Gasteiger charge is -2.18. The molecule has 2 aliphatic rings. The number of methoxy groups -OCH3 is 1. The molecule has 0 saturated carbocycles. The van der Waals surface area contributed by atoms with Crippen LogP contribution < -0.4 is 14.8 Å². The highest BCUT2D eigenvalue weighted by atomic mass is 16.5. The maximum absolute atomic E-state index is 6.19. The largest absolute Gasteiger partial charge is 0.493 e. The number of nitrogens with one attached hydrogen (secondary N) is 1. The van der Waals surface area contributed by atoms with Gasteiger partial charge in [0, 0.05) is 19.1 Å². The molecule has 3 rings (SSSR count). The van der Waals surface area contributed by atoms with Crippen molar-refractivity contribution in [1.82, 2.24) is 10.2 Å². The second kappa shape index (κ2) is 6.67. The Morgan fingerprint density at radius 3 is 2.86 bits per heavy atom. The Morgan fingerprint density at radius 2 is 2.19 bits per heavy atom. The standard InChI is InChI=1S/C17H26N2O2/c1-19-9-7-15(12-19)21-17-11-13(5-6-16(17)20-2)10-14-4-3-8-18-14/h5-6,11,14-15,18H,3-4,7-10,12H2,1-2H3. The van der Waals surface area contributed by atoms with Crippen molar-refractivity contribution in [3.8, 4) is 11.5 Å². The first-order valence-corrected chi connectivity index (χ1v) is 8.00. The number of benzene rings is 1. The first-order valence-electron chi connectivity index (χ1n) is 8.00. The van der Waals surface area contributed by atoms with Crippen LogP contribution in [-0.4, -0.2) is 50.8 Å². The Kier molecular flexibility index (Phi) is 4.66. The van der Waals surface area contributed by atoms with Gasteiger partial charge >= 0.3 is 0 Å². The Balaban J connectivity index is 1.70. The molecule has 4 heteroatoms. The van der Waals surface area contributed by atoms with Crippen LogP contribution in [0.4, 0.5) is 0 Å². The van der Waals surface area contributed by atoms with Gasteiger partial charge in [-0.2, -0.15) is 0 Å². The van der Waals surface area contributed by atoms with E-state index in [0.717, 1.165) is 44.0 Å². The van der Waals surface area contributed by atoms with Gasteiger partial charge in [0.05, 0.1) is 7.11 Å². The number of likely N-dealkylation sites (tertiary alicyclic amines) is 1. The van der Waals surface area contributed by atoms with Gasteiger partial charge in [0.1, 0.15) is 6.10 Å². The molecule has 2 atom stereocenters. The fourth-order valence-electron chi connectivity index (χ4n) is 3.33. The van der Waals surface area contributed by atoms with Gasteiger partial charge in [0.2, 0.25) is 0 Å². The molecule has 116 valence electrons. The minimum atomic E-state index is 0.281. The predicted octanol–water partition coefficient (Wildman–Crippen LogP) is 2.07. The van der Waals surface area contributed by atoms with Crippen LogP contribution >= 0.6 is 0 Å². The third kappa shape index (κ3) is 3.69. The van der Waals surface area contributed by atoms with E-state index in [2.05, 4.69) is 29.4 Å². The maximum Gasteiger partial charge on any atom is 0.161 e. The summed E-state index contributed by atoms with van der Waals surface area (Å²) in [7, 11) is 3.85. The van der Waals surface area contributed by atoms with Crippen LogP contribution in [0.5, 0.6) is 11.5 Å². The van der Waals surface area contributed by atoms with Gasteiger partial charge in [0.15, 0.2) is 11.5 Å². The zero-order chi connectivity index (χ0) is 14.7. The summed E-state index contributed by atoms with van der Waals surface area (Å²) in [5.74, 6) is 1.74. The second-order valence-electron chi connectivity index (χ2n) is 6.27. The van der Waals surface area contributed by atoms with Crippen molar-refractivity contribution in [3.63, 3.8) is 0 Å². The van der Waals surface area contributed by atoms with E-state index in [0.29, 0.717) is 6.04 Å². The third-order valence-electron chi connectivity index (χ3n) is 4.51. The molecular weight excluding hydrogens is 264 g/mol. The van der Waals surface area contributed by atoms with Gasteiger partial charge in [-0.1, -0.05) is 6.07 Å². The lowest BCUT2D eigenvalue weighted by atomic mass is 10.0. The van der Waals surface area contributed by atoms with Gasteiger partial charge < -0.3 is 19.7 Å². The number of hydrogen-bond donors (Lipinski definition) is 1. The Hall–Kier alpha value is -1.26. The zero-order valence-corrected chi connectivity index (χ0v) is 13.1. The third-order valence-corrected chi connectivity index (χ3v) is 4.51. The molecule has 2 heterocycles. The molecule has 1 aromatic carbocycles. The van der Waals surface area contributed by atoms with Crippen molar-refractivity contribution in [2.24, 2.45) is 0 Å². The molecule has 0 bridgehead atoms. The van der Waals surface area contributed by atoms with Crippen molar-refractivity contribution in [2.45, 2.75) is 37.8 Å². The summed E-state index contributed by atoms with van der Waals surface area (Å²) < 4.78 is 11.6. The van der Waals surface area contributed by atoms with Gasteiger partial charge in [-0.15, -0.1) is 0 Å². The molecule has 2 aliphatic heterocycles. The summed E-state index contributed by atoms with van der Waals surface area (Å²) in [6, 6.07) is 6.98. The number of ether oxygens (including phenoxy) is 2. The average Bonchev–Trinajstić information content (AvgIpc) is 3.11. The normalized spacial score (nSPS) is 26.2. The van der Waals surface area contributed by atoms with Gasteiger partial charge in [-0.05, 0) is 57.0 Å². The molecule has 2 saturated heterocycles. The molecule has 0 amide bonds. The summed E-state index contributed by atoms with van der Waals surface area (Å²) in [5.41, 5.74) is 1.33. The fraction of sp³-hybridized carbons (Fsp3) is 0.647. The van der Waals surface area contributed by atoms with Gasteiger partial charge in [0.25, 0.3) is 0 Å². The summed E-state index contributed by atoms with van der Waals surface area (Å²) >= 11 is 0. The van der Waals surface area contributed by atoms with Crippen LogP contribution in [0.25, 0.3) is 0 Å². The van der Waals surface area contributed by atoms with Crippen LogP contribution in [0.2, 0.25) is 0 Å². The molecule has 0 aliphatic carbocycles. The molecule has 1 aromatic rings. The first-order chi connectivity index (χ1) is 10.2. The summed E-state index contributed by atoms with van der Waals surface area (Å²) in [4.78, 5) is 2.31. The lowest BCUT2D eigenvalue weighted by molar-refractivity contribution is 0.199. The Bertz CT molecular complexity index is 472. The highest BCUT2D eigenvalue weighted by molar-refractivity contribution is 5.43. The highest BCUT2D eigenvalue weighted by Crippen LogP contribution is 2.31. The van der Waals surface area contributed by atoms with E-state index in [1.54, 1.807) is 7.11 Å². The lowest BCUT2D eigenvalue weighted by Crippen LogP contribution is -2.24. The molecule has 0 spiro atoms. The van der Waals surface area contributed by atoms with Crippen molar-refractivity contribution >= 4 is 0 Å². The van der Waals surface area contributed by atoms with E-state index < -0.39 is 0 Å². The number of likely N-dealkylation sites (N-methyl/N-ethyl adjacent to an activating group) is 1. The molecule has 2 fully saturated rings. The molecule has 21 heavy (non-hydrogen) atoms. The molecule has 1 N–H and O–H groups in total. The fourth-order valence-corrected chi connectivity index (χ4v) is 3.33. The van der Waals surface area contributed by atoms with Gasteiger partial charge in [-0.3, -0.25) is 0 Å². The summed E-state index contributed by atoms with van der Waals surface area (Å²) in [6.07, 6.45) is 5.01. The van der Waals surface area contributed by atoms with E-state index in [1.165, 1.54) is 18.4 Å². The number of hydrogen-bond acceptors (Lipinski definition) is 4. The smallest absolute Gasteiger partial charge is 0.161 e. The minimum Gasteiger partial charge on any atom is -0.493 e. The van der Waals surface area contributed by atoms with Crippen LogP contribution in [0.15, 0.2) is 18.2 Å². The second-order valence-corrected chi connectivity index (χ2v) is 6.27. The topological polar surface area (TPSA) is 33.7 Å². The summed E-state index contributed by atoms with van der Waals surface area (Å²) in [6.45, 7) is 3.26. The quantitative estimate of drug-likeness (QED) is 0.900. The van der Waals surface area contributed by atoms with Crippen molar-refractivity contribution in [3.05, 3.63) is 23.8 Å². The number of nitrogens with zero attached hydrogens (tertiary/aromatic N) is 1. The Labute approximate surface area is 127 Å². The molecule has 4 nitrogen and oxygen atoms in total. The van der Waals surface area contributed by atoms with E-state index in [-0.39, 0.29) is 6.10 Å². The van der Waals surface area contributed by atoms with Crippen LogP contribution in [0, 0.1) is 0 Å². The monoisotopic (exact) mass is 290 g/mol. The zero-order valence-electron chi connectivity index (χ0n) is 13.1. The van der Waals surface area contributed by atoms with E-state index in [4.69, 9.17) is 9.47 Å². The van der Waals surface area contributed by atoms with Crippen LogP contribution in [0.3, 0.4) is 0 Å². The molecule has 2 unspecified atom stereocenters. The summed E-state index contributed by atoms with van der Waals surface area (Å²) in [5, 5.41) is 3.55. The van der Waals surface area contributed by atoms with E-state index in [1.807, 2.05) is 6.07 Å². The molecular formula is C17H26N2O2. The maximum atomic E-state index is 6.19. The molecule has 0 aromatic heterocycles. The SMILES string of the molecule is COc1ccc(CC2CCCN2)cc1OC1CCN(C)C1. The average molecular weight is 290 g/mol. The van der Waals surface area contributed by atoms with Gasteiger partial charge in [-0.25, -0.2) is 0 Å². The highest BCUT2D eigenvalue weighted by Gasteiger charge is 2.22. The van der Waals surface area contributed by atoms with E-state index >= 15 is 0 Å². The van der Waals surface area contributed by atoms with Crippen molar-refractivity contribution < 1.29 is 9.47 Å². The first kappa shape index (κ1) is 14.7. The van der Waals surface area contributed by atoms with Crippen LogP contribution in [0.1, 0.15) is 24.8 Å². The minimum absolute atomic E-state index is 0.281. The molecule has 0 radical (unpaired) electrons. The van der Waals surface area contributed by atoms with Crippen molar-refractivity contribution in [2.75, 3.05) is 33.8 Å². The van der Waals surface area contributed by atoms with E-state index in [9.17, 15) is 0 Å². The predicted molar refractivity (Wildman–Crippen MR) is 84.3 cm³/mol.